The fourth-order valence-corrected chi connectivity index (χ4v) is 3.63. The van der Waals surface area contributed by atoms with E-state index in [9.17, 15) is 13.2 Å². The van der Waals surface area contributed by atoms with Gasteiger partial charge in [-0.25, -0.2) is 13.2 Å². The van der Waals surface area contributed by atoms with Gasteiger partial charge in [0, 0.05) is 5.38 Å². The molecule has 0 aromatic carbocycles. The second-order valence-electron chi connectivity index (χ2n) is 3.97. The number of sulfonamides is 1. The zero-order valence-corrected chi connectivity index (χ0v) is 11.5. The molecule has 0 bridgehead atoms. The minimum atomic E-state index is -3.77. The lowest BCUT2D eigenvalue weighted by molar-refractivity contribution is 0.0697. The molecule has 5 nitrogen and oxygen atoms in total. The number of aromatic carboxylic acids is 1. The van der Waals surface area contributed by atoms with E-state index in [0.29, 0.717) is 0 Å². The maximum atomic E-state index is 12.0. The van der Waals surface area contributed by atoms with Crippen LogP contribution in [0.3, 0.4) is 0 Å². The number of rotatable bonds is 5. The first-order valence-corrected chi connectivity index (χ1v) is 7.44. The summed E-state index contributed by atoms with van der Waals surface area (Å²) in [4.78, 5) is 10.7. The van der Waals surface area contributed by atoms with E-state index in [2.05, 4.69) is 10.6 Å². The Morgan fingerprint density at radius 1 is 1.56 bits per heavy atom. The van der Waals surface area contributed by atoms with Gasteiger partial charge in [-0.2, -0.15) is 4.72 Å². The van der Waals surface area contributed by atoms with Gasteiger partial charge in [-0.05, 0) is 12.0 Å². The molecule has 1 heterocycles. The summed E-state index contributed by atoms with van der Waals surface area (Å²) in [5.74, 6) is 1.14. The Kier molecular flexibility index (Phi) is 4.51. The van der Waals surface area contributed by atoms with Gasteiger partial charge in [-0.3, -0.25) is 0 Å². The zero-order chi connectivity index (χ0) is 13.9. The summed E-state index contributed by atoms with van der Waals surface area (Å²) in [6.07, 6.45) is 5.24. The molecule has 0 aliphatic carbocycles. The Hall–Kier alpha value is -1.36. The van der Waals surface area contributed by atoms with E-state index in [1.807, 2.05) is 0 Å². The molecule has 2 N–H and O–H groups in total. The summed E-state index contributed by atoms with van der Waals surface area (Å²) < 4.78 is 26.2. The Morgan fingerprint density at radius 2 is 2.17 bits per heavy atom. The van der Waals surface area contributed by atoms with Crippen molar-refractivity contribution in [1.82, 2.24) is 4.72 Å². The average Bonchev–Trinajstić information content (AvgIpc) is 2.75. The van der Waals surface area contributed by atoms with Gasteiger partial charge >= 0.3 is 5.97 Å². The molecule has 98 valence electrons. The van der Waals surface area contributed by atoms with Crippen LogP contribution in [-0.4, -0.2) is 25.5 Å². The van der Waals surface area contributed by atoms with Crippen molar-refractivity contribution in [2.45, 2.75) is 24.1 Å². The first-order valence-electron chi connectivity index (χ1n) is 5.08. The van der Waals surface area contributed by atoms with Crippen molar-refractivity contribution in [1.29, 1.82) is 0 Å². The first kappa shape index (κ1) is 14.7. The molecule has 1 unspecified atom stereocenters. The zero-order valence-electron chi connectivity index (χ0n) is 9.88. The van der Waals surface area contributed by atoms with Gasteiger partial charge in [0.2, 0.25) is 0 Å². The average molecular weight is 287 g/mol. The van der Waals surface area contributed by atoms with Crippen molar-refractivity contribution in [3.05, 3.63) is 17.0 Å². The second kappa shape index (κ2) is 5.52. The van der Waals surface area contributed by atoms with Gasteiger partial charge in [-0.15, -0.1) is 17.8 Å². The van der Waals surface area contributed by atoms with Crippen LogP contribution in [0.25, 0.3) is 0 Å². The van der Waals surface area contributed by atoms with Crippen LogP contribution < -0.4 is 4.72 Å². The molecule has 0 radical (unpaired) electrons. The molecule has 0 spiro atoms. The monoisotopic (exact) mass is 287 g/mol. The number of hydrogen-bond donors (Lipinski definition) is 2. The van der Waals surface area contributed by atoms with E-state index in [0.717, 1.165) is 17.4 Å². The fourth-order valence-electron chi connectivity index (χ4n) is 1.16. The molecule has 0 fully saturated rings. The van der Waals surface area contributed by atoms with Crippen LogP contribution in [0.5, 0.6) is 0 Å². The van der Waals surface area contributed by atoms with Gasteiger partial charge in [0.1, 0.15) is 4.21 Å². The third-order valence-electron chi connectivity index (χ3n) is 2.22. The number of carboxylic acid groups (broad SMARTS) is 1. The number of terminal acetylenes is 1. The molecule has 0 aliphatic rings. The normalized spacial score (nSPS) is 13.2. The van der Waals surface area contributed by atoms with Gasteiger partial charge < -0.3 is 5.11 Å². The molecule has 1 aromatic rings. The predicted molar refractivity (Wildman–Crippen MR) is 69.1 cm³/mol. The smallest absolute Gasteiger partial charge is 0.336 e. The van der Waals surface area contributed by atoms with Crippen LogP contribution >= 0.6 is 11.3 Å². The number of carboxylic acids is 1. The Bertz CT molecular complexity index is 580. The molecule has 0 saturated heterocycles. The largest absolute Gasteiger partial charge is 0.478 e. The molecular formula is C11H13NO4S2. The first-order chi connectivity index (χ1) is 8.27. The highest BCUT2D eigenvalue weighted by Crippen LogP contribution is 2.21. The molecule has 1 rings (SSSR count). The van der Waals surface area contributed by atoms with Crippen molar-refractivity contribution in [2.75, 3.05) is 0 Å². The van der Waals surface area contributed by atoms with Crippen molar-refractivity contribution in [3.63, 3.8) is 0 Å². The molecule has 0 saturated carbocycles. The summed E-state index contributed by atoms with van der Waals surface area (Å²) in [6.45, 7) is 3.59. The number of hydrogen-bond acceptors (Lipinski definition) is 4. The molecule has 18 heavy (non-hydrogen) atoms. The van der Waals surface area contributed by atoms with Gasteiger partial charge in [-0.1, -0.05) is 19.8 Å². The van der Waals surface area contributed by atoms with E-state index >= 15 is 0 Å². The lowest BCUT2D eigenvalue weighted by atomic mass is 10.1. The van der Waals surface area contributed by atoms with Crippen LogP contribution in [0.4, 0.5) is 0 Å². The molecule has 7 heteroatoms. The highest BCUT2D eigenvalue weighted by atomic mass is 32.2. The molecule has 1 aromatic heterocycles. The SMILES string of the molecule is C#CC(NS(=O)(=O)c1cc(C(=O)O)cs1)C(C)C. The van der Waals surface area contributed by atoms with Crippen molar-refractivity contribution < 1.29 is 18.3 Å². The number of thiophene rings is 1. The van der Waals surface area contributed by atoms with Crippen molar-refractivity contribution in [3.8, 4) is 12.3 Å². The predicted octanol–water partition coefficient (Wildman–Crippen LogP) is 1.38. The third-order valence-corrected chi connectivity index (χ3v) is 5.10. The summed E-state index contributed by atoms with van der Waals surface area (Å²) in [6, 6.07) is 0.494. The van der Waals surface area contributed by atoms with E-state index in [1.165, 1.54) is 5.38 Å². The third kappa shape index (κ3) is 3.32. The minimum Gasteiger partial charge on any atom is -0.478 e. The van der Waals surface area contributed by atoms with Crippen molar-refractivity contribution in [2.24, 2.45) is 5.92 Å². The standard InChI is InChI=1S/C11H13NO4S2/c1-4-9(7(2)3)12-18(15,16)10-5-8(6-17-10)11(13)14/h1,5-7,9,12H,2-3H3,(H,13,14). The summed E-state index contributed by atoms with van der Waals surface area (Å²) in [5.41, 5.74) is -0.0535. The van der Waals surface area contributed by atoms with Gasteiger partial charge in [0.15, 0.2) is 0 Å². The summed E-state index contributed by atoms with van der Waals surface area (Å²) >= 11 is 0.849. The number of nitrogens with one attached hydrogen (secondary N) is 1. The maximum Gasteiger partial charge on any atom is 0.336 e. The van der Waals surface area contributed by atoms with E-state index in [1.54, 1.807) is 13.8 Å². The summed E-state index contributed by atoms with van der Waals surface area (Å²) in [7, 11) is -3.77. The fraction of sp³-hybridized carbons (Fsp3) is 0.364. The topological polar surface area (TPSA) is 83.5 Å². The summed E-state index contributed by atoms with van der Waals surface area (Å²) in [5, 5.41) is 10.0. The molecule has 1 atom stereocenters. The van der Waals surface area contributed by atoms with Crippen LogP contribution in [0, 0.1) is 18.3 Å². The Balaban J connectivity index is 3.00. The van der Waals surface area contributed by atoms with Crippen molar-refractivity contribution >= 4 is 27.3 Å². The number of carbonyl (C=O) groups is 1. The Morgan fingerprint density at radius 3 is 2.56 bits per heavy atom. The molecule has 0 amide bonds. The van der Waals surface area contributed by atoms with Gasteiger partial charge in [0.25, 0.3) is 10.0 Å². The van der Waals surface area contributed by atoms with Crippen LogP contribution in [0.2, 0.25) is 0 Å². The van der Waals surface area contributed by atoms with Crippen LogP contribution in [0.15, 0.2) is 15.7 Å². The van der Waals surface area contributed by atoms with Crippen LogP contribution in [0.1, 0.15) is 24.2 Å². The maximum absolute atomic E-state index is 12.0. The lowest BCUT2D eigenvalue weighted by Crippen LogP contribution is -2.36. The van der Waals surface area contributed by atoms with E-state index in [4.69, 9.17) is 11.5 Å². The quantitative estimate of drug-likeness (QED) is 0.801. The Labute approximate surface area is 110 Å². The second-order valence-corrected chi connectivity index (χ2v) is 6.82. The molecular weight excluding hydrogens is 274 g/mol. The highest BCUT2D eigenvalue weighted by Gasteiger charge is 2.23. The highest BCUT2D eigenvalue weighted by molar-refractivity contribution is 7.91. The van der Waals surface area contributed by atoms with E-state index in [-0.39, 0.29) is 15.7 Å². The van der Waals surface area contributed by atoms with E-state index < -0.39 is 22.0 Å². The van der Waals surface area contributed by atoms with Gasteiger partial charge in [0.05, 0.1) is 11.6 Å². The minimum absolute atomic E-state index is 0.0521. The molecule has 0 aliphatic heterocycles. The van der Waals surface area contributed by atoms with Crippen LogP contribution in [-0.2, 0) is 10.0 Å². The lowest BCUT2D eigenvalue weighted by Gasteiger charge is -2.15.